The third-order valence-electron chi connectivity index (χ3n) is 6.17. The van der Waals surface area contributed by atoms with E-state index >= 15 is 0 Å². The van der Waals surface area contributed by atoms with Crippen molar-refractivity contribution in [1.29, 1.82) is 0 Å². The molecule has 0 aliphatic carbocycles. The van der Waals surface area contributed by atoms with Crippen LogP contribution in [-0.4, -0.2) is 67.6 Å². The Hall–Kier alpha value is -2.22. The summed E-state index contributed by atoms with van der Waals surface area (Å²) >= 11 is 1.61. The molecule has 6 nitrogen and oxygen atoms in total. The van der Waals surface area contributed by atoms with Gasteiger partial charge in [-0.2, -0.15) is 0 Å². The second-order valence-electron chi connectivity index (χ2n) is 8.98. The zero-order chi connectivity index (χ0) is 22.5. The molecule has 0 unspecified atom stereocenters. The standard InChI is InChI=1S/C25H33N3O3S/c1-18(2)17-28-23(21-9-5-16-32-21)22(19-7-3-4-8-20(19)25(28)30)24(29)26-10-6-11-27-12-14-31-15-13-27/h3-5,7-9,16,18,22-23H,6,10-15,17H2,1-2H3,(H,26,29)/t22-,23+/m0/s1. The van der Waals surface area contributed by atoms with Gasteiger partial charge in [0.2, 0.25) is 5.91 Å². The SMILES string of the molecule is CC(C)CN1C(=O)c2ccccc2[C@H](C(=O)NCCCN2CCOCC2)[C@H]1c1cccs1. The average Bonchev–Trinajstić information content (AvgIpc) is 3.33. The van der Waals surface area contributed by atoms with Crippen LogP contribution in [0.1, 0.15) is 53.0 Å². The molecule has 2 aromatic rings. The first-order valence-corrected chi connectivity index (χ1v) is 12.5. The van der Waals surface area contributed by atoms with E-state index in [2.05, 4.69) is 24.1 Å². The average molecular weight is 456 g/mol. The van der Waals surface area contributed by atoms with E-state index < -0.39 is 5.92 Å². The van der Waals surface area contributed by atoms with Crippen molar-refractivity contribution in [3.8, 4) is 0 Å². The van der Waals surface area contributed by atoms with Crippen LogP contribution in [-0.2, 0) is 9.53 Å². The second kappa shape index (κ2) is 10.6. The molecule has 1 aromatic carbocycles. The van der Waals surface area contributed by atoms with E-state index in [1.165, 1.54) is 0 Å². The van der Waals surface area contributed by atoms with E-state index in [9.17, 15) is 9.59 Å². The first-order valence-electron chi connectivity index (χ1n) is 11.6. The fraction of sp³-hybridized carbons (Fsp3) is 0.520. The number of nitrogens with one attached hydrogen (secondary N) is 1. The molecule has 0 radical (unpaired) electrons. The number of amides is 2. The van der Waals surface area contributed by atoms with Crippen molar-refractivity contribution in [2.24, 2.45) is 5.92 Å². The largest absolute Gasteiger partial charge is 0.379 e. The van der Waals surface area contributed by atoms with E-state index in [1.54, 1.807) is 11.3 Å². The first-order chi connectivity index (χ1) is 15.6. The maximum atomic E-state index is 13.6. The minimum atomic E-state index is -0.412. The summed E-state index contributed by atoms with van der Waals surface area (Å²) in [5.74, 6) is -0.0863. The van der Waals surface area contributed by atoms with Gasteiger partial charge in [-0.15, -0.1) is 11.3 Å². The van der Waals surface area contributed by atoms with Crippen molar-refractivity contribution >= 4 is 23.2 Å². The summed E-state index contributed by atoms with van der Waals surface area (Å²) < 4.78 is 5.41. The number of rotatable bonds is 8. The Morgan fingerprint density at radius 3 is 2.69 bits per heavy atom. The number of carbonyl (C=O) groups excluding carboxylic acids is 2. The Labute approximate surface area is 194 Å². The number of thiophene rings is 1. The van der Waals surface area contributed by atoms with Crippen molar-refractivity contribution in [2.75, 3.05) is 45.9 Å². The molecule has 2 aliphatic heterocycles. The highest BCUT2D eigenvalue weighted by Gasteiger charge is 2.44. The van der Waals surface area contributed by atoms with Crippen LogP contribution in [0.5, 0.6) is 0 Å². The van der Waals surface area contributed by atoms with Gasteiger partial charge in [-0.05, 0) is 42.0 Å². The number of benzene rings is 1. The van der Waals surface area contributed by atoms with Crippen LogP contribution in [0, 0.1) is 5.92 Å². The summed E-state index contributed by atoms with van der Waals surface area (Å²) in [7, 11) is 0. The van der Waals surface area contributed by atoms with Crippen molar-refractivity contribution in [3.05, 3.63) is 57.8 Å². The van der Waals surface area contributed by atoms with Crippen molar-refractivity contribution in [3.63, 3.8) is 0 Å². The normalized spacial score (nSPS) is 21.6. The van der Waals surface area contributed by atoms with Crippen LogP contribution >= 0.6 is 11.3 Å². The minimum absolute atomic E-state index is 0.000849. The Kier molecular flexibility index (Phi) is 7.60. The molecule has 32 heavy (non-hydrogen) atoms. The lowest BCUT2D eigenvalue weighted by atomic mass is 9.81. The maximum Gasteiger partial charge on any atom is 0.254 e. The number of hydrogen-bond donors (Lipinski definition) is 1. The highest BCUT2D eigenvalue weighted by Crippen LogP contribution is 2.44. The molecular formula is C25H33N3O3S. The smallest absolute Gasteiger partial charge is 0.254 e. The van der Waals surface area contributed by atoms with Gasteiger partial charge in [0.15, 0.2) is 0 Å². The highest BCUT2D eigenvalue weighted by molar-refractivity contribution is 7.10. The molecule has 1 N–H and O–H groups in total. The fourth-order valence-corrected chi connectivity index (χ4v) is 5.57. The lowest BCUT2D eigenvalue weighted by molar-refractivity contribution is -0.124. The van der Waals surface area contributed by atoms with Gasteiger partial charge in [0.25, 0.3) is 5.91 Å². The molecule has 3 heterocycles. The number of fused-ring (bicyclic) bond motifs is 1. The van der Waals surface area contributed by atoms with E-state index in [0.29, 0.717) is 24.6 Å². The minimum Gasteiger partial charge on any atom is -0.379 e. The van der Waals surface area contributed by atoms with Gasteiger partial charge in [-0.25, -0.2) is 0 Å². The second-order valence-corrected chi connectivity index (χ2v) is 9.95. The maximum absolute atomic E-state index is 13.6. The number of ether oxygens (including phenoxy) is 1. The summed E-state index contributed by atoms with van der Waals surface area (Å²) in [5, 5.41) is 5.20. The summed E-state index contributed by atoms with van der Waals surface area (Å²) in [5.41, 5.74) is 1.48. The summed E-state index contributed by atoms with van der Waals surface area (Å²) in [6.07, 6.45) is 0.901. The predicted molar refractivity (Wildman–Crippen MR) is 127 cm³/mol. The van der Waals surface area contributed by atoms with Crippen LogP contribution < -0.4 is 5.32 Å². The van der Waals surface area contributed by atoms with Gasteiger partial charge in [0.1, 0.15) is 0 Å². The molecule has 1 fully saturated rings. The number of hydrogen-bond acceptors (Lipinski definition) is 5. The van der Waals surface area contributed by atoms with Gasteiger partial charge >= 0.3 is 0 Å². The summed E-state index contributed by atoms with van der Waals surface area (Å²) in [6, 6.07) is 11.4. The van der Waals surface area contributed by atoms with Crippen LogP contribution in [0.3, 0.4) is 0 Å². The van der Waals surface area contributed by atoms with Gasteiger partial charge in [0, 0.05) is 36.6 Å². The summed E-state index contributed by atoms with van der Waals surface area (Å²) in [6.45, 7) is 9.91. The number of nitrogens with zero attached hydrogens (tertiary/aromatic N) is 2. The molecule has 4 rings (SSSR count). The van der Waals surface area contributed by atoms with Crippen LogP contribution in [0.2, 0.25) is 0 Å². The van der Waals surface area contributed by atoms with Crippen LogP contribution in [0.25, 0.3) is 0 Å². The van der Waals surface area contributed by atoms with Crippen LogP contribution in [0.4, 0.5) is 0 Å². The van der Waals surface area contributed by atoms with E-state index in [1.807, 2.05) is 46.7 Å². The molecule has 0 saturated carbocycles. The van der Waals surface area contributed by atoms with E-state index in [-0.39, 0.29) is 17.9 Å². The van der Waals surface area contributed by atoms with E-state index in [4.69, 9.17) is 4.74 Å². The van der Waals surface area contributed by atoms with Crippen molar-refractivity contribution in [1.82, 2.24) is 15.1 Å². The zero-order valence-electron chi connectivity index (χ0n) is 19.0. The molecule has 0 bridgehead atoms. The molecule has 2 aliphatic rings. The lowest BCUT2D eigenvalue weighted by Crippen LogP contribution is -2.48. The third kappa shape index (κ3) is 5.05. The topological polar surface area (TPSA) is 61.9 Å². The lowest BCUT2D eigenvalue weighted by Gasteiger charge is -2.42. The number of carbonyl (C=O) groups is 2. The molecule has 2 amide bonds. The first kappa shape index (κ1) is 23.0. The molecule has 7 heteroatoms. The van der Waals surface area contributed by atoms with Crippen molar-refractivity contribution in [2.45, 2.75) is 32.2 Å². The zero-order valence-corrected chi connectivity index (χ0v) is 19.8. The summed E-state index contributed by atoms with van der Waals surface area (Å²) in [4.78, 5) is 32.4. The molecule has 1 saturated heterocycles. The Balaban J connectivity index is 1.55. The van der Waals surface area contributed by atoms with Gasteiger partial charge in [-0.1, -0.05) is 38.1 Å². The van der Waals surface area contributed by atoms with Crippen molar-refractivity contribution < 1.29 is 14.3 Å². The predicted octanol–water partition coefficient (Wildman–Crippen LogP) is 3.52. The molecular weight excluding hydrogens is 422 g/mol. The van der Waals surface area contributed by atoms with Gasteiger partial charge in [0.05, 0.1) is 25.2 Å². The molecule has 172 valence electrons. The monoisotopic (exact) mass is 455 g/mol. The number of morpholine rings is 1. The Morgan fingerprint density at radius 2 is 1.97 bits per heavy atom. The molecule has 2 atom stereocenters. The molecule has 1 aromatic heterocycles. The fourth-order valence-electron chi connectivity index (χ4n) is 4.69. The third-order valence-corrected chi connectivity index (χ3v) is 7.11. The Morgan fingerprint density at radius 1 is 1.19 bits per heavy atom. The van der Waals surface area contributed by atoms with Crippen LogP contribution in [0.15, 0.2) is 41.8 Å². The van der Waals surface area contributed by atoms with E-state index in [0.717, 1.165) is 49.7 Å². The molecule has 0 spiro atoms. The quantitative estimate of drug-likeness (QED) is 0.619. The van der Waals surface area contributed by atoms with Gasteiger partial charge < -0.3 is 15.0 Å². The highest BCUT2D eigenvalue weighted by atomic mass is 32.1. The van der Waals surface area contributed by atoms with Gasteiger partial charge in [-0.3, -0.25) is 14.5 Å². The Bertz CT molecular complexity index is 909.